The molecule has 0 aliphatic carbocycles. The molecular weight excluding hydrogens is 417 g/mol. The lowest BCUT2D eigenvalue weighted by atomic mass is 10.0. The van der Waals surface area contributed by atoms with Crippen LogP contribution in [0.25, 0.3) is 5.69 Å². The number of benzene rings is 2. The minimum absolute atomic E-state index is 0.162. The van der Waals surface area contributed by atoms with Crippen LogP contribution in [0.1, 0.15) is 28.4 Å². The predicted molar refractivity (Wildman–Crippen MR) is 103 cm³/mol. The fourth-order valence-electron chi connectivity index (χ4n) is 2.96. The lowest BCUT2D eigenvalue weighted by Gasteiger charge is -2.26. The molecule has 0 saturated carbocycles. The van der Waals surface area contributed by atoms with Gasteiger partial charge >= 0.3 is 0 Å². The van der Waals surface area contributed by atoms with Gasteiger partial charge in [-0.25, -0.2) is 9.07 Å². The molecule has 0 saturated heterocycles. The van der Waals surface area contributed by atoms with Crippen LogP contribution in [0.2, 0.25) is 0 Å². The Bertz CT molecular complexity index is 958. The number of hydrogen-bond donors (Lipinski definition) is 1. The third kappa shape index (κ3) is 3.54. The highest BCUT2D eigenvalue weighted by Gasteiger charge is 2.23. The molecular formula is C19H15BrFN3OS. The monoisotopic (exact) mass is 431 g/mol. The van der Waals surface area contributed by atoms with Gasteiger partial charge in [0.25, 0.3) is 5.91 Å². The number of rotatable bonds is 3. The van der Waals surface area contributed by atoms with Gasteiger partial charge in [-0.05, 0) is 70.4 Å². The number of nitrogens with one attached hydrogen (secondary N) is 1. The maximum absolute atomic E-state index is 13.6. The summed E-state index contributed by atoms with van der Waals surface area (Å²) in [6.45, 7) is 0. The van der Waals surface area contributed by atoms with Crippen LogP contribution in [0.5, 0.6) is 0 Å². The molecule has 1 amide bonds. The van der Waals surface area contributed by atoms with Crippen LogP contribution < -0.4 is 5.32 Å². The minimum Gasteiger partial charge on any atom is -0.345 e. The second kappa shape index (κ2) is 7.25. The molecule has 0 spiro atoms. The van der Waals surface area contributed by atoms with E-state index < -0.39 is 0 Å². The Morgan fingerprint density at radius 2 is 2.08 bits per heavy atom. The summed E-state index contributed by atoms with van der Waals surface area (Å²) < 4.78 is 16.2. The van der Waals surface area contributed by atoms with Crippen molar-refractivity contribution in [2.45, 2.75) is 17.4 Å². The van der Waals surface area contributed by atoms with Crippen LogP contribution in [0.15, 0.2) is 64.2 Å². The molecule has 1 N–H and O–H groups in total. The summed E-state index contributed by atoms with van der Waals surface area (Å²) in [5.74, 6) is 0.460. The fraction of sp³-hybridized carbons (Fsp3) is 0.158. The zero-order valence-corrected chi connectivity index (χ0v) is 16.1. The quantitative estimate of drug-likeness (QED) is 0.651. The molecule has 0 fully saturated rings. The van der Waals surface area contributed by atoms with Gasteiger partial charge in [-0.2, -0.15) is 5.10 Å². The van der Waals surface area contributed by atoms with Crippen LogP contribution in [0.4, 0.5) is 4.39 Å². The summed E-state index contributed by atoms with van der Waals surface area (Å²) in [5.41, 5.74) is 2.29. The fourth-order valence-corrected chi connectivity index (χ4v) is 4.36. The third-order valence-electron chi connectivity index (χ3n) is 4.26. The molecule has 1 aliphatic heterocycles. The third-order valence-corrected chi connectivity index (χ3v) is 5.79. The van der Waals surface area contributed by atoms with E-state index in [4.69, 9.17) is 0 Å². The molecule has 132 valence electrons. The molecule has 0 radical (unpaired) electrons. The normalized spacial score (nSPS) is 16.2. The standard InChI is InChI=1S/C19H15BrFN3OS/c20-13-10-22-24(11-13)15-4-1-12(2-5-15)19(25)23-17-7-8-26-18-6-3-14(21)9-16(17)18/h1-6,9-11,17H,7-8H2,(H,23,25). The number of nitrogens with zero attached hydrogens (tertiary/aromatic N) is 2. The van der Waals surface area contributed by atoms with Gasteiger partial charge in [0.15, 0.2) is 0 Å². The zero-order valence-electron chi connectivity index (χ0n) is 13.7. The highest BCUT2D eigenvalue weighted by Crippen LogP contribution is 2.36. The van der Waals surface area contributed by atoms with Crippen molar-refractivity contribution in [1.82, 2.24) is 15.1 Å². The Labute approximate surface area is 162 Å². The van der Waals surface area contributed by atoms with Gasteiger partial charge in [0.2, 0.25) is 0 Å². The van der Waals surface area contributed by atoms with Gasteiger partial charge < -0.3 is 5.32 Å². The van der Waals surface area contributed by atoms with Crippen LogP contribution in [-0.4, -0.2) is 21.4 Å². The van der Waals surface area contributed by atoms with Gasteiger partial charge in [0.1, 0.15) is 5.82 Å². The van der Waals surface area contributed by atoms with Gasteiger partial charge in [-0.1, -0.05) is 0 Å². The van der Waals surface area contributed by atoms with E-state index in [0.29, 0.717) is 5.56 Å². The van der Waals surface area contributed by atoms with E-state index in [9.17, 15) is 9.18 Å². The number of carbonyl (C=O) groups is 1. The molecule has 1 atom stereocenters. The number of halogens is 2. The van der Waals surface area contributed by atoms with Gasteiger partial charge in [-0.3, -0.25) is 4.79 Å². The van der Waals surface area contributed by atoms with E-state index in [0.717, 1.165) is 32.8 Å². The van der Waals surface area contributed by atoms with E-state index in [-0.39, 0.29) is 17.8 Å². The Kier molecular flexibility index (Phi) is 4.82. The first-order valence-corrected chi connectivity index (χ1v) is 9.92. The smallest absolute Gasteiger partial charge is 0.251 e. The first kappa shape index (κ1) is 17.3. The van der Waals surface area contributed by atoms with Crippen LogP contribution in [0.3, 0.4) is 0 Å². The molecule has 2 aromatic carbocycles. The number of fused-ring (bicyclic) bond motifs is 1. The molecule has 3 aromatic rings. The van der Waals surface area contributed by atoms with E-state index in [1.54, 1.807) is 40.8 Å². The van der Waals surface area contributed by atoms with Gasteiger partial charge in [0, 0.05) is 22.4 Å². The summed E-state index contributed by atoms with van der Waals surface area (Å²) in [5, 5.41) is 7.25. The van der Waals surface area contributed by atoms with E-state index in [2.05, 4.69) is 26.3 Å². The zero-order chi connectivity index (χ0) is 18.1. The van der Waals surface area contributed by atoms with E-state index >= 15 is 0 Å². The van der Waals surface area contributed by atoms with Crippen molar-refractivity contribution < 1.29 is 9.18 Å². The average molecular weight is 432 g/mol. The Morgan fingerprint density at radius 1 is 1.27 bits per heavy atom. The average Bonchev–Trinajstić information content (AvgIpc) is 3.09. The largest absolute Gasteiger partial charge is 0.345 e. The SMILES string of the molecule is O=C(NC1CCSc2ccc(F)cc21)c1ccc(-n2cc(Br)cn2)cc1. The number of amides is 1. The summed E-state index contributed by atoms with van der Waals surface area (Å²) in [6, 6.07) is 11.8. The molecule has 4 rings (SSSR count). The molecule has 4 nitrogen and oxygen atoms in total. The number of hydrogen-bond acceptors (Lipinski definition) is 3. The Hall–Kier alpha value is -2.12. The van der Waals surface area contributed by atoms with Gasteiger partial charge in [-0.15, -0.1) is 11.8 Å². The summed E-state index contributed by atoms with van der Waals surface area (Å²) in [6.07, 6.45) is 4.34. The van der Waals surface area contributed by atoms with E-state index in [1.165, 1.54) is 12.1 Å². The minimum atomic E-state index is -0.278. The van der Waals surface area contributed by atoms with Crippen molar-refractivity contribution in [3.63, 3.8) is 0 Å². The number of aromatic nitrogens is 2. The van der Waals surface area contributed by atoms with Crippen molar-refractivity contribution in [3.05, 3.63) is 76.3 Å². The van der Waals surface area contributed by atoms with Crippen LogP contribution in [0, 0.1) is 5.82 Å². The van der Waals surface area contributed by atoms with Crippen molar-refractivity contribution in [2.75, 3.05) is 5.75 Å². The number of carbonyl (C=O) groups excluding carboxylic acids is 1. The molecule has 1 aliphatic rings. The number of thioether (sulfide) groups is 1. The van der Waals surface area contributed by atoms with Crippen molar-refractivity contribution >= 4 is 33.6 Å². The van der Waals surface area contributed by atoms with E-state index in [1.807, 2.05) is 18.3 Å². The van der Waals surface area contributed by atoms with Gasteiger partial charge in [0.05, 0.1) is 22.4 Å². The maximum atomic E-state index is 13.6. The Balaban J connectivity index is 1.52. The highest BCUT2D eigenvalue weighted by molar-refractivity contribution is 9.10. The molecule has 0 bridgehead atoms. The first-order valence-electron chi connectivity index (χ1n) is 8.14. The van der Waals surface area contributed by atoms with Crippen LogP contribution in [-0.2, 0) is 0 Å². The molecule has 2 heterocycles. The van der Waals surface area contributed by atoms with Crippen molar-refractivity contribution in [2.24, 2.45) is 0 Å². The topological polar surface area (TPSA) is 46.9 Å². The molecule has 1 unspecified atom stereocenters. The molecule has 7 heteroatoms. The lowest BCUT2D eigenvalue weighted by molar-refractivity contribution is 0.0935. The Morgan fingerprint density at radius 3 is 2.81 bits per heavy atom. The second-order valence-corrected chi connectivity index (χ2v) is 8.05. The summed E-state index contributed by atoms with van der Waals surface area (Å²) in [7, 11) is 0. The predicted octanol–water partition coefficient (Wildman–Crippen LogP) is 4.74. The second-order valence-electron chi connectivity index (χ2n) is 6.00. The lowest BCUT2D eigenvalue weighted by Crippen LogP contribution is -2.30. The molecule has 26 heavy (non-hydrogen) atoms. The highest BCUT2D eigenvalue weighted by atomic mass is 79.9. The summed E-state index contributed by atoms with van der Waals surface area (Å²) >= 11 is 5.06. The summed E-state index contributed by atoms with van der Waals surface area (Å²) in [4.78, 5) is 13.6. The molecule has 1 aromatic heterocycles. The van der Waals surface area contributed by atoms with Crippen LogP contribution >= 0.6 is 27.7 Å². The van der Waals surface area contributed by atoms with Crippen molar-refractivity contribution in [1.29, 1.82) is 0 Å². The van der Waals surface area contributed by atoms with Crippen molar-refractivity contribution in [3.8, 4) is 5.69 Å². The maximum Gasteiger partial charge on any atom is 0.251 e. The first-order chi connectivity index (χ1) is 12.6.